The summed E-state index contributed by atoms with van der Waals surface area (Å²) in [5.74, 6) is -0.633. The Morgan fingerprint density at radius 1 is 1.38 bits per heavy atom. The van der Waals surface area contributed by atoms with Gasteiger partial charge in [-0.2, -0.15) is 5.26 Å². The minimum atomic E-state index is -0.681. The first-order valence-corrected chi connectivity index (χ1v) is 6.69. The number of nitrogens with one attached hydrogen (secondary N) is 1. The quantitative estimate of drug-likeness (QED) is 0.919. The Hall–Kier alpha value is -2.39. The summed E-state index contributed by atoms with van der Waals surface area (Å²) in [4.78, 5) is 12.3. The molecule has 0 aliphatic rings. The van der Waals surface area contributed by atoms with Gasteiger partial charge < -0.3 is 10.1 Å². The van der Waals surface area contributed by atoms with Crippen LogP contribution >= 0.6 is 15.9 Å². The number of hydrogen-bond donors (Lipinski definition) is 1. The van der Waals surface area contributed by atoms with Gasteiger partial charge in [0.05, 0.1) is 18.4 Å². The lowest BCUT2D eigenvalue weighted by Gasteiger charge is -2.10. The predicted molar refractivity (Wildman–Crippen MR) is 79.8 cm³/mol. The van der Waals surface area contributed by atoms with E-state index in [4.69, 9.17) is 10.00 Å². The van der Waals surface area contributed by atoms with E-state index in [1.54, 1.807) is 24.3 Å². The van der Waals surface area contributed by atoms with Gasteiger partial charge in [0.25, 0.3) is 5.91 Å². The van der Waals surface area contributed by atoms with Crippen LogP contribution in [0.4, 0.5) is 10.1 Å². The Kier molecular flexibility index (Phi) is 4.55. The summed E-state index contributed by atoms with van der Waals surface area (Å²) in [5.41, 5.74) is 0.240. The lowest BCUT2D eigenvalue weighted by molar-refractivity contribution is 0.102. The monoisotopic (exact) mass is 348 g/mol. The molecule has 0 heterocycles. The van der Waals surface area contributed by atoms with E-state index in [0.717, 1.165) is 6.07 Å². The third-order valence-corrected chi connectivity index (χ3v) is 3.48. The molecular formula is C15H10BrFN2O2. The fourth-order valence-electron chi connectivity index (χ4n) is 1.74. The molecular weight excluding hydrogens is 339 g/mol. The van der Waals surface area contributed by atoms with Crippen LogP contribution in [0.25, 0.3) is 0 Å². The van der Waals surface area contributed by atoms with E-state index in [0.29, 0.717) is 15.8 Å². The molecule has 1 amide bonds. The molecule has 0 saturated carbocycles. The van der Waals surface area contributed by atoms with Crippen LogP contribution in [0.5, 0.6) is 5.75 Å². The second-order valence-electron chi connectivity index (χ2n) is 4.07. The maximum Gasteiger partial charge on any atom is 0.256 e. The van der Waals surface area contributed by atoms with Gasteiger partial charge in [-0.1, -0.05) is 6.07 Å². The first-order chi connectivity index (χ1) is 10.1. The minimum absolute atomic E-state index is 0.122. The van der Waals surface area contributed by atoms with Crippen molar-refractivity contribution >= 4 is 27.5 Å². The first kappa shape index (κ1) is 15.0. The van der Waals surface area contributed by atoms with Crippen LogP contribution in [-0.4, -0.2) is 13.0 Å². The van der Waals surface area contributed by atoms with Crippen molar-refractivity contribution in [3.8, 4) is 11.8 Å². The van der Waals surface area contributed by atoms with Crippen LogP contribution in [-0.2, 0) is 0 Å². The number of nitrogens with zero attached hydrogens (tertiary/aromatic N) is 1. The molecule has 106 valence electrons. The smallest absolute Gasteiger partial charge is 0.256 e. The molecule has 6 heteroatoms. The standard InChI is InChI=1S/C15H10BrFN2O2/c1-21-9-5-6-12(16)10(7-9)15(20)19-14-4-2-3-13(17)11(14)8-18/h2-7H,1H3,(H,19,20). The van der Waals surface area contributed by atoms with E-state index in [9.17, 15) is 9.18 Å². The molecule has 2 aromatic rings. The number of benzene rings is 2. The van der Waals surface area contributed by atoms with Crippen molar-refractivity contribution in [2.45, 2.75) is 0 Å². The van der Waals surface area contributed by atoms with Crippen molar-refractivity contribution in [1.82, 2.24) is 0 Å². The molecule has 0 spiro atoms. The zero-order valence-electron chi connectivity index (χ0n) is 11.0. The molecule has 21 heavy (non-hydrogen) atoms. The number of hydrogen-bond acceptors (Lipinski definition) is 3. The molecule has 1 N–H and O–H groups in total. The second-order valence-corrected chi connectivity index (χ2v) is 4.93. The average Bonchev–Trinajstić information content (AvgIpc) is 2.48. The molecule has 0 saturated heterocycles. The van der Waals surface area contributed by atoms with E-state index in [1.807, 2.05) is 0 Å². The Balaban J connectivity index is 2.35. The number of halogens is 2. The van der Waals surface area contributed by atoms with Crippen LogP contribution in [0, 0.1) is 17.1 Å². The largest absolute Gasteiger partial charge is 0.497 e. The maximum atomic E-state index is 13.5. The molecule has 0 aliphatic carbocycles. The molecule has 0 atom stereocenters. The molecule has 4 nitrogen and oxygen atoms in total. The second kappa shape index (κ2) is 6.37. The number of nitriles is 1. The van der Waals surface area contributed by atoms with Gasteiger partial charge in [0.1, 0.15) is 23.2 Å². The third kappa shape index (κ3) is 3.20. The van der Waals surface area contributed by atoms with E-state index in [1.165, 1.54) is 19.2 Å². The Morgan fingerprint density at radius 2 is 2.14 bits per heavy atom. The Bertz CT molecular complexity index is 741. The maximum absolute atomic E-state index is 13.5. The molecule has 0 aromatic heterocycles. The molecule has 0 aliphatic heterocycles. The number of anilines is 1. The van der Waals surface area contributed by atoms with Gasteiger partial charge in [-0.3, -0.25) is 4.79 Å². The zero-order chi connectivity index (χ0) is 15.4. The van der Waals surface area contributed by atoms with E-state index in [2.05, 4.69) is 21.2 Å². The van der Waals surface area contributed by atoms with Crippen LogP contribution in [0.15, 0.2) is 40.9 Å². The zero-order valence-corrected chi connectivity index (χ0v) is 12.6. The summed E-state index contributed by atoms with van der Waals surface area (Å²) < 4.78 is 19.1. The van der Waals surface area contributed by atoms with Gasteiger partial charge in [0.2, 0.25) is 0 Å². The van der Waals surface area contributed by atoms with E-state index < -0.39 is 11.7 Å². The number of carbonyl (C=O) groups is 1. The fraction of sp³-hybridized carbons (Fsp3) is 0.0667. The average molecular weight is 349 g/mol. The molecule has 0 fully saturated rings. The summed E-state index contributed by atoms with van der Waals surface area (Å²) in [6.45, 7) is 0. The lowest BCUT2D eigenvalue weighted by Crippen LogP contribution is -2.14. The molecule has 2 aromatic carbocycles. The Labute approximate surface area is 129 Å². The van der Waals surface area contributed by atoms with Crippen molar-refractivity contribution in [3.63, 3.8) is 0 Å². The number of amides is 1. The van der Waals surface area contributed by atoms with Gasteiger partial charge in [0.15, 0.2) is 0 Å². The highest BCUT2D eigenvalue weighted by Gasteiger charge is 2.15. The fourth-order valence-corrected chi connectivity index (χ4v) is 2.16. The Morgan fingerprint density at radius 3 is 2.81 bits per heavy atom. The van der Waals surface area contributed by atoms with Crippen LogP contribution in [0.3, 0.4) is 0 Å². The van der Waals surface area contributed by atoms with Gasteiger partial charge >= 0.3 is 0 Å². The van der Waals surface area contributed by atoms with Crippen LogP contribution in [0.1, 0.15) is 15.9 Å². The molecule has 0 radical (unpaired) electrons. The SMILES string of the molecule is COc1ccc(Br)c(C(=O)Nc2cccc(F)c2C#N)c1. The lowest BCUT2D eigenvalue weighted by atomic mass is 10.1. The van der Waals surface area contributed by atoms with Crippen LogP contribution < -0.4 is 10.1 Å². The topological polar surface area (TPSA) is 62.1 Å². The molecule has 0 unspecified atom stereocenters. The molecule has 0 bridgehead atoms. The first-order valence-electron chi connectivity index (χ1n) is 5.90. The van der Waals surface area contributed by atoms with Crippen molar-refractivity contribution in [2.75, 3.05) is 12.4 Å². The van der Waals surface area contributed by atoms with Gasteiger partial charge in [0, 0.05) is 4.47 Å². The number of ether oxygens (including phenoxy) is 1. The van der Waals surface area contributed by atoms with Crippen molar-refractivity contribution in [2.24, 2.45) is 0 Å². The highest BCUT2D eigenvalue weighted by Crippen LogP contribution is 2.25. The predicted octanol–water partition coefficient (Wildman–Crippen LogP) is 3.72. The normalized spacial score (nSPS) is 9.81. The minimum Gasteiger partial charge on any atom is -0.497 e. The van der Waals surface area contributed by atoms with E-state index in [-0.39, 0.29) is 11.3 Å². The summed E-state index contributed by atoms with van der Waals surface area (Å²) in [7, 11) is 1.49. The van der Waals surface area contributed by atoms with Crippen LogP contribution in [0.2, 0.25) is 0 Å². The summed E-state index contributed by atoms with van der Waals surface area (Å²) in [6.07, 6.45) is 0. The number of methoxy groups -OCH3 is 1. The molecule has 2 rings (SSSR count). The third-order valence-electron chi connectivity index (χ3n) is 2.79. The van der Waals surface area contributed by atoms with Gasteiger partial charge in [-0.05, 0) is 46.3 Å². The summed E-state index contributed by atoms with van der Waals surface area (Å²) >= 11 is 3.27. The highest BCUT2D eigenvalue weighted by atomic mass is 79.9. The van der Waals surface area contributed by atoms with Gasteiger partial charge in [-0.25, -0.2) is 4.39 Å². The number of rotatable bonds is 3. The van der Waals surface area contributed by atoms with Crippen molar-refractivity contribution in [1.29, 1.82) is 5.26 Å². The number of carbonyl (C=O) groups excluding carboxylic acids is 1. The highest BCUT2D eigenvalue weighted by molar-refractivity contribution is 9.10. The summed E-state index contributed by atoms with van der Waals surface area (Å²) in [5, 5.41) is 11.5. The van der Waals surface area contributed by atoms with Gasteiger partial charge in [-0.15, -0.1) is 0 Å². The van der Waals surface area contributed by atoms with Crippen molar-refractivity contribution in [3.05, 3.63) is 57.8 Å². The van der Waals surface area contributed by atoms with Crippen molar-refractivity contribution < 1.29 is 13.9 Å². The summed E-state index contributed by atoms with van der Waals surface area (Å²) in [6, 6.07) is 10.7. The van der Waals surface area contributed by atoms with E-state index >= 15 is 0 Å².